The van der Waals surface area contributed by atoms with Crippen LogP contribution in [0.25, 0.3) is 0 Å². The van der Waals surface area contributed by atoms with E-state index < -0.39 is 0 Å². The molecule has 0 aliphatic heterocycles. The van der Waals surface area contributed by atoms with Crippen LogP contribution in [-0.4, -0.2) is 20.1 Å². The lowest BCUT2D eigenvalue weighted by Gasteiger charge is -2.05. The molecule has 0 saturated carbocycles. The minimum atomic E-state index is -0.265. The molecule has 1 aromatic heterocycles. The smallest absolute Gasteiger partial charge is 0.123 e. The first-order valence-electron chi connectivity index (χ1n) is 5.62. The fraction of sp³-hybridized carbons (Fsp3) is 0.231. The van der Waals surface area contributed by atoms with Gasteiger partial charge in [0.1, 0.15) is 11.5 Å². The van der Waals surface area contributed by atoms with Gasteiger partial charge in [-0.2, -0.15) is 0 Å². The van der Waals surface area contributed by atoms with Gasteiger partial charge in [-0.15, -0.1) is 11.7 Å². The van der Waals surface area contributed by atoms with Crippen molar-refractivity contribution in [2.75, 3.05) is 0 Å². The van der Waals surface area contributed by atoms with Gasteiger partial charge in [0.2, 0.25) is 0 Å². The molecule has 0 amide bonds. The molecule has 0 spiro atoms. The minimum absolute atomic E-state index is 0.159. The number of hydrogen-bond acceptors (Lipinski definition) is 3. The Balaban J connectivity index is 2.28. The fourth-order valence-corrected chi connectivity index (χ4v) is 1.75. The lowest BCUT2D eigenvalue weighted by molar-refractivity contribution is 0.275. The summed E-state index contributed by atoms with van der Waals surface area (Å²) in [5.74, 6) is -0.265. The van der Waals surface area contributed by atoms with Crippen LogP contribution in [0.1, 0.15) is 17.0 Å². The second-order valence-corrected chi connectivity index (χ2v) is 3.91. The van der Waals surface area contributed by atoms with Gasteiger partial charge in [0.25, 0.3) is 0 Å². The molecule has 0 bridgehead atoms. The van der Waals surface area contributed by atoms with Crippen molar-refractivity contribution in [3.63, 3.8) is 0 Å². The molecule has 4 nitrogen and oxygen atoms in total. The summed E-state index contributed by atoms with van der Waals surface area (Å²) >= 11 is 0. The van der Waals surface area contributed by atoms with Crippen molar-refractivity contribution < 1.29 is 9.50 Å². The monoisotopic (exact) mass is 247 g/mol. The van der Waals surface area contributed by atoms with E-state index in [2.05, 4.69) is 16.9 Å². The van der Waals surface area contributed by atoms with Crippen LogP contribution in [0.15, 0.2) is 36.9 Å². The first-order valence-corrected chi connectivity index (χ1v) is 5.62. The van der Waals surface area contributed by atoms with Crippen molar-refractivity contribution in [1.29, 1.82) is 0 Å². The van der Waals surface area contributed by atoms with E-state index in [0.717, 1.165) is 11.3 Å². The summed E-state index contributed by atoms with van der Waals surface area (Å²) in [6.07, 6.45) is 2.26. The minimum Gasteiger partial charge on any atom is -0.390 e. The average Bonchev–Trinajstić information content (AvgIpc) is 2.75. The molecule has 0 unspecified atom stereocenters. The summed E-state index contributed by atoms with van der Waals surface area (Å²) in [4.78, 5) is 0. The number of aromatic nitrogens is 3. The third kappa shape index (κ3) is 2.62. The van der Waals surface area contributed by atoms with Crippen molar-refractivity contribution in [2.45, 2.75) is 19.6 Å². The molecule has 1 heterocycles. The summed E-state index contributed by atoms with van der Waals surface area (Å²) in [5, 5.41) is 17.1. The molecule has 0 radical (unpaired) electrons. The third-order valence-corrected chi connectivity index (χ3v) is 2.65. The van der Waals surface area contributed by atoms with Gasteiger partial charge < -0.3 is 5.11 Å². The number of nitrogens with zero attached hydrogens (tertiary/aromatic N) is 3. The van der Waals surface area contributed by atoms with Crippen LogP contribution in [0, 0.1) is 5.82 Å². The summed E-state index contributed by atoms with van der Waals surface area (Å²) in [6, 6.07) is 6.24. The maximum Gasteiger partial charge on any atom is 0.123 e. The van der Waals surface area contributed by atoms with Crippen molar-refractivity contribution in [2.24, 2.45) is 0 Å². The summed E-state index contributed by atoms with van der Waals surface area (Å²) in [6.45, 7) is 4.02. The molecule has 2 rings (SSSR count). The van der Waals surface area contributed by atoms with E-state index in [0.29, 0.717) is 18.7 Å². The Morgan fingerprint density at radius 3 is 2.67 bits per heavy atom. The van der Waals surface area contributed by atoms with E-state index in [1.54, 1.807) is 22.9 Å². The Labute approximate surface area is 104 Å². The van der Waals surface area contributed by atoms with Crippen molar-refractivity contribution >= 4 is 0 Å². The van der Waals surface area contributed by atoms with E-state index in [-0.39, 0.29) is 12.4 Å². The predicted molar refractivity (Wildman–Crippen MR) is 65.3 cm³/mol. The molecule has 0 aliphatic carbocycles. The van der Waals surface area contributed by atoms with Crippen LogP contribution in [-0.2, 0) is 19.6 Å². The van der Waals surface area contributed by atoms with Gasteiger partial charge in [-0.1, -0.05) is 23.4 Å². The first-order chi connectivity index (χ1) is 8.74. The highest BCUT2D eigenvalue weighted by Crippen LogP contribution is 2.13. The van der Waals surface area contributed by atoms with Gasteiger partial charge in [-0.3, -0.25) is 0 Å². The molecular formula is C13H14FN3O. The average molecular weight is 247 g/mol. The van der Waals surface area contributed by atoms with E-state index >= 15 is 0 Å². The normalized spacial score (nSPS) is 10.6. The lowest BCUT2D eigenvalue weighted by atomic mass is 10.1. The molecule has 5 heteroatoms. The molecule has 18 heavy (non-hydrogen) atoms. The van der Waals surface area contributed by atoms with Gasteiger partial charge in [-0.25, -0.2) is 9.07 Å². The molecule has 1 aromatic carbocycles. The summed E-state index contributed by atoms with van der Waals surface area (Å²) in [7, 11) is 0. The van der Waals surface area contributed by atoms with Crippen LogP contribution in [0.2, 0.25) is 0 Å². The van der Waals surface area contributed by atoms with Crippen LogP contribution in [0.4, 0.5) is 4.39 Å². The molecule has 1 N–H and O–H groups in total. The quantitative estimate of drug-likeness (QED) is 0.818. The molecular weight excluding hydrogens is 233 g/mol. The van der Waals surface area contributed by atoms with Crippen molar-refractivity contribution in [1.82, 2.24) is 15.0 Å². The molecule has 0 saturated heterocycles. The topological polar surface area (TPSA) is 50.9 Å². The molecule has 2 aromatic rings. The summed E-state index contributed by atoms with van der Waals surface area (Å²) in [5.41, 5.74) is 2.31. The highest BCUT2D eigenvalue weighted by Gasteiger charge is 2.11. The van der Waals surface area contributed by atoms with E-state index in [4.69, 9.17) is 0 Å². The number of halogens is 1. The molecule has 94 valence electrons. The fourth-order valence-electron chi connectivity index (χ4n) is 1.75. The summed E-state index contributed by atoms with van der Waals surface area (Å²) < 4.78 is 14.5. The van der Waals surface area contributed by atoms with Crippen molar-refractivity contribution in [3.8, 4) is 0 Å². The standard InChI is InChI=1S/C13H14FN3O/c1-2-7-17-13(12(9-18)15-16-17)8-10-3-5-11(14)6-4-10/h2-6,18H,1,7-9H2. The Morgan fingerprint density at radius 2 is 2.06 bits per heavy atom. The van der Waals surface area contributed by atoms with Gasteiger partial charge in [-0.05, 0) is 17.7 Å². The number of aliphatic hydroxyl groups excluding tert-OH is 1. The highest BCUT2D eigenvalue weighted by molar-refractivity contribution is 5.24. The second-order valence-electron chi connectivity index (χ2n) is 3.91. The molecule has 0 fully saturated rings. The highest BCUT2D eigenvalue weighted by atomic mass is 19.1. The van der Waals surface area contributed by atoms with E-state index in [1.807, 2.05) is 0 Å². The van der Waals surface area contributed by atoms with Gasteiger partial charge in [0, 0.05) is 6.42 Å². The zero-order valence-corrected chi connectivity index (χ0v) is 9.88. The van der Waals surface area contributed by atoms with Gasteiger partial charge in [0.15, 0.2) is 0 Å². The number of benzene rings is 1. The predicted octanol–water partition coefficient (Wildman–Crippen LogP) is 1.69. The SMILES string of the molecule is C=CCn1nnc(CO)c1Cc1ccc(F)cc1. The maximum atomic E-state index is 12.8. The largest absolute Gasteiger partial charge is 0.390 e. The van der Waals surface area contributed by atoms with Crippen LogP contribution >= 0.6 is 0 Å². The van der Waals surface area contributed by atoms with E-state index in [9.17, 15) is 9.50 Å². The number of aliphatic hydroxyl groups is 1. The Bertz CT molecular complexity index is 534. The zero-order valence-electron chi connectivity index (χ0n) is 9.88. The number of hydrogen-bond donors (Lipinski definition) is 1. The third-order valence-electron chi connectivity index (χ3n) is 2.65. The molecule has 0 aliphatic rings. The van der Waals surface area contributed by atoms with Gasteiger partial charge in [0.05, 0.1) is 18.8 Å². The Kier molecular flexibility index (Phi) is 3.84. The van der Waals surface area contributed by atoms with Gasteiger partial charge >= 0.3 is 0 Å². The van der Waals surface area contributed by atoms with Crippen LogP contribution in [0.3, 0.4) is 0 Å². The first kappa shape index (κ1) is 12.4. The Hall–Kier alpha value is -2.01. The second kappa shape index (κ2) is 5.55. The van der Waals surface area contributed by atoms with Crippen LogP contribution < -0.4 is 0 Å². The number of rotatable bonds is 5. The number of allylic oxidation sites excluding steroid dienone is 1. The van der Waals surface area contributed by atoms with E-state index in [1.165, 1.54) is 12.1 Å². The lowest BCUT2D eigenvalue weighted by Crippen LogP contribution is -2.05. The van der Waals surface area contributed by atoms with Crippen molar-refractivity contribution in [3.05, 3.63) is 59.7 Å². The van der Waals surface area contributed by atoms with Crippen LogP contribution in [0.5, 0.6) is 0 Å². The Morgan fingerprint density at radius 1 is 1.33 bits per heavy atom. The molecule has 0 atom stereocenters. The zero-order chi connectivity index (χ0) is 13.0. The maximum absolute atomic E-state index is 12.8.